The first-order chi connectivity index (χ1) is 17.1. The van der Waals surface area contributed by atoms with E-state index in [2.05, 4.69) is 10.2 Å². The molecule has 0 spiro atoms. The van der Waals surface area contributed by atoms with E-state index in [0.29, 0.717) is 50.0 Å². The highest BCUT2D eigenvalue weighted by atomic mass is 16.5. The lowest BCUT2D eigenvalue weighted by Crippen LogP contribution is -2.58. The number of carbonyl (C=O) groups excluding carboxylic acids is 2. The lowest BCUT2D eigenvalue weighted by Gasteiger charge is -2.40. The third-order valence-electron chi connectivity index (χ3n) is 7.32. The van der Waals surface area contributed by atoms with Crippen molar-refractivity contribution >= 4 is 11.8 Å². The topological polar surface area (TPSA) is 71.1 Å². The monoisotopic (exact) mass is 479 g/mol. The van der Waals surface area contributed by atoms with E-state index in [4.69, 9.17) is 9.47 Å². The van der Waals surface area contributed by atoms with Crippen LogP contribution in [0.3, 0.4) is 0 Å². The van der Waals surface area contributed by atoms with Crippen LogP contribution in [-0.4, -0.2) is 74.6 Å². The van der Waals surface area contributed by atoms with Gasteiger partial charge in [-0.15, -0.1) is 0 Å². The molecular weight excluding hydrogens is 442 g/mol. The molecule has 1 aliphatic heterocycles. The van der Waals surface area contributed by atoms with Crippen LogP contribution in [0, 0.1) is 5.92 Å². The minimum absolute atomic E-state index is 0.0107. The van der Waals surface area contributed by atoms with Gasteiger partial charge in [0.2, 0.25) is 5.91 Å². The summed E-state index contributed by atoms with van der Waals surface area (Å²) in [5.41, 5.74) is 1.76. The molecule has 1 heterocycles. The molecule has 4 rings (SSSR count). The average Bonchev–Trinajstić information content (AvgIpc) is 3.43. The molecule has 188 valence electrons. The molecule has 2 amide bonds. The van der Waals surface area contributed by atoms with Crippen LogP contribution in [-0.2, 0) is 11.2 Å². The van der Waals surface area contributed by atoms with Crippen LogP contribution >= 0.6 is 0 Å². The van der Waals surface area contributed by atoms with E-state index >= 15 is 0 Å². The molecule has 2 aromatic carbocycles. The molecule has 2 aromatic rings. The molecule has 1 saturated carbocycles. The molecule has 7 nitrogen and oxygen atoms in total. The van der Waals surface area contributed by atoms with Crippen molar-refractivity contribution in [2.45, 2.75) is 38.1 Å². The predicted molar refractivity (Wildman–Crippen MR) is 136 cm³/mol. The van der Waals surface area contributed by atoms with E-state index in [1.165, 1.54) is 18.4 Å². The van der Waals surface area contributed by atoms with Gasteiger partial charge in [0.05, 0.1) is 25.8 Å². The van der Waals surface area contributed by atoms with E-state index in [9.17, 15) is 9.59 Å². The quantitative estimate of drug-likeness (QED) is 0.597. The Kier molecular flexibility index (Phi) is 8.64. The summed E-state index contributed by atoms with van der Waals surface area (Å²) in [7, 11) is 3.25. The molecule has 1 saturated heterocycles. The Morgan fingerprint density at radius 3 is 2.29 bits per heavy atom. The van der Waals surface area contributed by atoms with Gasteiger partial charge >= 0.3 is 0 Å². The second-order valence-electron chi connectivity index (χ2n) is 9.41. The molecule has 2 aliphatic rings. The minimum Gasteiger partial charge on any atom is -0.497 e. The zero-order valence-electron chi connectivity index (χ0n) is 20.9. The zero-order valence-corrected chi connectivity index (χ0v) is 20.9. The number of benzene rings is 2. The molecule has 1 atom stereocenters. The number of nitrogens with one attached hydrogen (secondary N) is 1. The molecule has 0 radical (unpaired) electrons. The third-order valence-corrected chi connectivity index (χ3v) is 7.32. The molecule has 0 bridgehead atoms. The van der Waals surface area contributed by atoms with Crippen molar-refractivity contribution in [2.24, 2.45) is 5.92 Å². The summed E-state index contributed by atoms with van der Waals surface area (Å²) >= 11 is 0. The molecular formula is C28H37N3O4. The van der Waals surface area contributed by atoms with E-state index in [1.807, 2.05) is 53.4 Å². The van der Waals surface area contributed by atoms with Gasteiger partial charge in [-0.1, -0.05) is 37.1 Å². The second-order valence-corrected chi connectivity index (χ2v) is 9.41. The van der Waals surface area contributed by atoms with Gasteiger partial charge in [-0.05, 0) is 55.0 Å². The normalized spacial score (nSPS) is 17.7. The summed E-state index contributed by atoms with van der Waals surface area (Å²) in [5.74, 6) is 1.92. The average molecular weight is 480 g/mol. The number of piperazine rings is 1. The smallest absolute Gasteiger partial charge is 0.257 e. The SMILES string of the molecule is COc1ccc(CCNC(=O)[C@@H](C2CCCC2)N2CCN(C(=O)c3ccccc3OC)CC2)cc1. The van der Waals surface area contributed by atoms with Crippen LogP contribution in [0.4, 0.5) is 0 Å². The maximum Gasteiger partial charge on any atom is 0.257 e. The molecule has 35 heavy (non-hydrogen) atoms. The van der Waals surface area contributed by atoms with E-state index in [0.717, 1.165) is 25.0 Å². The highest BCUT2D eigenvalue weighted by Gasteiger charge is 2.37. The van der Waals surface area contributed by atoms with Crippen molar-refractivity contribution in [3.8, 4) is 11.5 Å². The van der Waals surface area contributed by atoms with E-state index in [1.54, 1.807) is 14.2 Å². The fraction of sp³-hybridized carbons (Fsp3) is 0.500. The standard InChI is InChI=1S/C28H37N3O4/c1-34-23-13-11-21(12-14-23)15-16-29-27(32)26(22-7-3-4-8-22)30-17-19-31(20-18-30)28(33)24-9-5-6-10-25(24)35-2/h5-6,9-14,22,26H,3-4,7-8,15-20H2,1-2H3,(H,29,32)/t26-/m1/s1. The van der Waals surface area contributed by atoms with Crippen molar-refractivity contribution in [1.29, 1.82) is 0 Å². The summed E-state index contributed by atoms with van der Waals surface area (Å²) < 4.78 is 10.6. The molecule has 2 fully saturated rings. The van der Waals surface area contributed by atoms with Crippen molar-refractivity contribution in [3.63, 3.8) is 0 Å². The van der Waals surface area contributed by atoms with Crippen LogP contribution < -0.4 is 14.8 Å². The molecule has 7 heteroatoms. The number of hydrogen-bond acceptors (Lipinski definition) is 5. The van der Waals surface area contributed by atoms with Gasteiger partial charge in [-0.2, -0.15) is 0 Å². The number of carbonyl (C=O) groups is 2. The molecule has 0 unspecified atom stereocenters. The van der Waals surface area contributed by atoms with Gasteiger partial charge in [0, 0.05) is 32.7 Å². The summed E-state index contributed by atoms with van der Waals surface area (Å²) in [6, 6.07) is 15.2. The number of nitrogens with zero attached hydrogens (tertiary/aromatic N) is 2. The van der Waals surface area contributed by atoms with Gasteiger partial charge in [-0.25, -0.2) is 0 Å². The van der Waals surface area contributed by atoms with Crippen molar-refractivity contribution in [2.75, 3.05) is 46.9 Å². The first kappa shape index (κ1) is 25.0. The van der Waals surface area contributed by atoms with Crippen LogP contribution in [0.1, 0.15) is 41.6 Å². The van der Waals surface area contributed by atoms with Gasteiger partial charge in [0.1, 0.15) is 11.5 Å². The summed E-state index contributed by atoms with van der Waals surface area (Å²) in [6.45, 7) is 3.24. The minimum atomic E-state index is -0.128. The summed E-state index contributed by atoms with van der Waals surface area (Å²) in [5, 5.41) is 3.20. The summed E-state index contributed by atoms with van der Waals surface area (Å²) in [6.07, 6.45) is 5.35. The van der Waals surface area contributed by atoms with Gasteiger partial charge in [0.25, 0.3) is 5.91 Å². The summed E-state index contributed by atoms with van der Waals surface area (Å²) in [4.78, 5) is 30.6. The zero-order chi connectivity index (χ0) is 24.6. The number of amides is 2. The first-order valence-electron chi connectivity index (χ1n) is 12.7. The third kappa shape index (κ3) is 6.14. The van der Waals surface area contributed by atoms with Gasteiger partial charge in [0.15, 0.2) is 0 Å². The lowest BCUT2D eigenvalue weighted by atomic mass is 9.94. The Morgan fingerprint density at radius 2 is 1.63 bits per heavy atom. The maximum absolute atomic E-state index is 13.4. The van der Waals surface area contributed by atoms with Crippen molar-refractivity contribution in [1.82, 2.24) is 15.1 Å². The fourth-order valence-electron chi connectivity index (χ4n) is 5.37. The molecule has 1 aliphatic carbocycles. The number of methoxy groups -OCH3 is 2. The van der Waals surface area contributed by atoms with Crippen LogP contribution in [0.2, 0.25) is 0 Å². The van der Waals surface area contributed by atoms with Crippen molar-refractivity contribution in [3.05, 3.63) is 59.7 Å². The predicted octanol–water partition coefficient (Wildman–Crippen LogP) is 3.38. The number of hydrogen-bond donors (Lipinski definition) is 1. The highest BCUT2D eigenvalue weighted by molar-refractivity contribution is 5.97. The largest absolute Gasteiger partial charge is 0.497 e. The molecule has 0 aromatic heterocycles. The highest BCUT2D eigenvalue weighted by Crippen LogP contribution is 2.31. The lowest BCUT2D eigenvalue weighted by molar-refractivity contribution is -0.129. The number of ether oxygens (including phenoxy) is 2. The first-order valence-corrected chi connectivity index (χ1v) is 12.7. The Morgan fingerprint density at radius 1 is 0.943 bits per heavy atom. The van der Waals surface area contributed by atoms with Crippen LogP contribution in [0.25, 0.3) is 0 Å². The van der Waals surface area contributed by atoms with Crippen LogP contribution in [0.5, 0.6) is 11.5 Å². The Labute approximate surface area is 208 Å². The Hall–Kier alpha value is -3.06. The number of rotatable bonds is 9. The van der Waals surface area contributed by atoms with Crippen LogP contribution in [0.15, 0.2) is 48.5 Å². The molecule has 1 N–H and O–H groups in total. The van der Waals surface area contributed by atoms with E-state index < -0.39 is 0 Å². The van der Waals surface area contributed by atoms with Gasteiger partial charge < -0.3 is 19.7 Å². The van der Waals surface area contributed by atoms with Gasteiger partial charge in [-0.3, -0.25) is 14.5 Å². The fourth-order valence-corrected chi connectivity index (χ4v) is 5.37. The Bertz CT molecular complexity index is 980. The van der Waals surface area contributed by atoms with Crippen molar-refractivity contribution < 1.29 is 19.1 Å². The van der Waals surface area contributed by atoms with E-state index in [-0.39, 0.29) is 17.9 Å². The maximum atomic E-state index is 13.4. The Balaban J connectivity index is 1.35. The number of para-hydroxylation sites is 1. The second kappa shape index (κ2) is 12.1.